The molecular weight excluding hydrogens is 572 g/mol. The molecule has 0 unspecified atom stereocenters. The smallest absolute Gasteiger partial charge is 0.269 e. The summed E-state index contributed by atoms with van der Waals surface area (Å²) < 4.78 is 28.8. The van der Waals surface area contributed by atoms with Gasteiger partial charge in [0.1, 0.15) is 0 Å². The van der Waals surface area contributed by atoms with Gasteiger partial charge in [0.25, 0.3) is 15.9 Å². The quantitative estimate of drug-likeness (QED) is 0.266. The van der Waals surface area contributed by atoms with E-state index in [2.05, 4.69) is 47.8 Å². The average molecular weight is 609 g/mol. The Morgan fingerprint density at radius 1 is 0.841 bits per heavy atom. The molecular formula is C34H36N6O3S. The number of rotatable bonds is 6. The second-order valence-electron chi connectivity index (χ2n) is 11.6. The first-order valence-electron chi connectivity index (χ1n) is 14.6. The average Bonchev–Trinajstić information content (AvgIpc) is 3.41. The van der Waals surface area contributed by atoms with Gasteiger partial charge in [0, 0.05) is 81.1 Å². The Hall–Kier alpha value is -4.54. The molecule has 1 fully saturated rings. The highest BCUT2D eigenvalue weighted by Crippen LogP contribution is 2.36. The highest BCUT2D eigenvalue weighted by Gasteiger charge is 2.24. The van der Waals surface area contributed by atoms with Crippen LogP contribution in [0.5, 0.6) is 0 Å². The largest absolute Gasteiger partial charge is 0.369 e. The molecule has 2 aromatic carbocycles. The number of carbonyl (C=O) groups excluding carboxylic acids is 1. The zero-order valence-corrected chi connectivity index (χ0v) is 26.5. The normalized spacial score (nSPS) is 14.2. The van der Waals surface area contributed by atoms with Gasteiger partial charge >= 0.3 is 0 Å². The Kier molecular flexibility index (Phi) is 7.73. The number of fused-ring (bicyclic) bond motifs is 1. The zero-order chi connectivity index (χ0) is 31.2. The van der Waals surface area contributed by atoms with E-state index >= 15 is 0 Å². The number of anilines is 1. The van der Waals surface area contributed by atoms with Gasteiger partial charge in [-0.05, 0) is 80.1 Å². The Balaban J connectivity index is 1.48. The SMILES string of the molecule is Cc1cc(-c2cnc3c(c2)c(-c2ccc(C(=O)N(C)C)cn2)cn3S(=O)(=O)c2ccccc2)cc(C)c1N1CCN(C)CC1. The number of benzene rings is 2. The number of aryl methyl sites for hydroxylation is 2. The number of carbonyl (C=O) groups is 1. The van der Waals surface area contributed by atoms with Crippen molar-refractivity contribution in [3.63, 3.8) is 0 Å². The van der Waals surface area contributed by atoms with E-state index in [4.69, 9.17) is 4.98 Å². The third kappa shape index (κ3) is 5.35. The monoisotopic (exact) mass is 608 g/mol. The highest BCUT2D eigenvalue weighted by molar-refractivity contribution is 7.90. The fraction of sp³-hybridized carbons (Fsp3) is 0.265. The molecule has 1 aliphatic rings. The molecule has 1 amide bonds. The summed E-state index contributed by atoms with van der Waals surface area (Å²) in [5.74, 6) is -0.159. The molecule has 0 bridgehead atoms. The number of piperazine rings is 1. The van der Waals surface area contributed by atoms with Gasteiger partial charge < -0.3 is 14.7 Å². The lowest BCUT2D eigenvalue weighted by Gasteiger charge is -2.36. The molecule has 4 heterocycles. The van der Waals surface area contributed by atoms with E-state index < -0.39 is 10.0 Å². The number of hydrogen-bond acceptors (Lipinski definition) is 7. The van der Waals surface area contributed by atoms with Crippen molar-refractivity contribution in [2.24, 2.45) is 0 Å². The predicted molar refractivity (Wildman–Crippen MR) is 175 cm³/mol. The first-order chi connectivity index (χ1) is 21.0. The molecule has 226 valence electrons. The fourth-order valence-corrected chi connectivity index (χ4v) is 7.27. The maximum atomic E-state index is 13.8. The summed E-state index contributed by atoms with van der Waals surface area (Å²) in [6, 6.07) is 18.1. The fourth-order valence-electron chi connectivity index (χ4n) is 5.92. The topological polar surface area (TPSA) is 91.6 Å². The van der Waals surface area contributed by atoms with Crippen LogP contribution in [0.4, 0.5) is 5.69 Å². The van der Waals surface area contributed by atoms with Gasteiger partial charge in [-0.1, -0.05) is 18.2 Å². The summed E-state index contributed by atoms with van der Waals surface area (Å²) in [5.41, 5.74) is 7.46. The molecule has 44 heavy (non-hydrogen) atoms. The Labute approximate surface area is 258 Å². The second kappa shape index (κ2) is 11.5. The molecule has 1 saturated heterocycles. The molecule has 0 radical (unpaired) electrons. The number of pyridine rings is 2. The summed E-state index contributed by atoms with van der Waals surface area (Å²) in [5, 5.41) is 0.652. The van der Waals surface area contributed by atoms with E-state index in [0.717, 1.165) is 37.3 Å². The van der Waals surface area contributed by atoms with Crippen molar-refractivity contribution in [3.8, 4) is 22.4 Å². The van der Waals surface area contributed by atoms with Gasteiger partial charge in [0.2, 0.25) is 0 Å². The van der Waals surface area contributed by atoms with E-state index in [1.807, 2.05) is 6.07 Å². The molecule has 1 aliphatic heterocycles. The molecule has 6 rings (SSSR count). The van der Waals surface area contributed by atoms with Crippen molar-refractivity contribution in [2.75, 3.05) is 52.2 Å². The van der Waals surface area contributed by atoms with Crippen LogP contribution in [-0.4, -0.2) is 85.4 Å². The van der Waals surface area contributed by atoms with Gasteiger partial charge in [-0.15, -0.1) is 0 Å². The lowest BCUT2D eigenvalue weighted by Crippen LogP contribution is -2.45. The van der Waals surface area contributed by atoms with Gasteiger partial charge in [-0.3, -0.25) is 9.78 Å². The highest BCUT2D eigenvalue weighted by atomic mass is 32.2. The van der Waals surface area contributed by atoms with E-state index in [1.54, 1.807) is 69.0 Å². The molecule has 0 saturated carbocycles. The third-order valence-electron chi connectivity index (χ3n) is 8.25. The van der Waals surface area contributed by atoms with E-state index in [9.17, 15) is 13.2 Å². The number of aromatic nitrogens is 3. The summed E-state index contributed by atoms with van der Waals surface area (Å²) in [4.78, 5) is 28.2. The van der Waals surface area contributed by atoms with Crippen LogP contribution in [0.3, 0.4) is 0 Å². The van der Waals surface area contributed by atoms with Crippen LogP contribution in [-0.2, 0) is 10.0 Å². The van der Waals surface area contributed by atoms with Crippen molar-refractivity contribution in [1.29, 1.82) is 0 Å². The van der Waals surface area contributed by atoms with Crippen LogP contribution >= 0.6 is 0 Å². The minimum Gasteiger partial charge on any atom is -0.369 e. The number of likely N-dealkylation sites (N-methyl/N-ethyl adjacent to an activating group) is 1. The molecule has 0 aliphatic carbocycles. The molecule has 9 nitrogen and oxygen atoms in total. The first-order valence-corrected chi connectivity index (χ1v) is 16.0. The number of hydrogen-bond donors (Lipinski definition) is 0. The Bertz CT molecular complexity index is 1940. The van der Waals surface area contributed by atoms with Crippen molar-refractivity contribution in [2.45, 2.75) is 18.7 Å². The van der Waals surface area contributed by atoms with E-state index in [-0.39, 0.29) is 10.8 Å². The lowest BCUT2D eigenvalue weighted by molar-refractivity contribution is 0.0827. The molecule has 5 aromatic rings. The van der Waals surface area contributed by atoms with Crippen molar-refractivity contribution in [3.05, 3.63) is 95.9 Å². The van der Waals surface area contributed by atoms with Crippen LogP contribution < -0.4 is 4.90 Å². The maximum absolute atomic E-state index is 13.8. The summed E-state index contributed by atoms with van der Waals surface area (Å²) in [6.07, 6.45) is 4.83. The van der Waals surface area contributed by atoms with Crippen LogP contribution in [0.1, 0.15) is 21.5 Å². The number of amides is 1. The number of nitrogens with zero attached hydrogens (tertiary/aromatic N) is 6. The third-order valence-corrected chi connectivity index (χ3v) is 9.91. The van der Waals surface area contributed by atoms with Crippen LogP contribution in [0, 0.1) is 13.8 Å². The molecule has 10 heteroatoms. The maximum Gasteiger partial charge on any atom is 0.269 e. The predicted octanol–water partition coefficient (Wildman–Crippen LogP) is 5.07. The van der Waals surface area contributed by atoms with Crippen molar-refractivity contribution >= 4 is 32.7 Å². The van der Waals surface area contributed by atoms with E-state index in [0.29, 0.717) is 27.9 Å². The van der Waals surface area contributed by atoms with Crippen molar-refractivity contribution in [1.82, 2.24) is 23.7 Å². The summed E-state index contributed by atoms with van der Waals surface area (Å²) in [6.45, 7) is 8.33. The summed E-state index contributed by atoms with van der Waals surface area (Å²) >= 11 is 0. The van der Waals surface area contributed by atoms with Crippen LogP contribution in [0.2, 0.25) is 0 Å². The minimum absolute atomic E-state index is 0.159. The zero-order valence-electron chi connectivity index (χ0n) is 25.7. The van der Waals surface area contributed by atoms with Gasteiger partial charge in [0.05, 0.1) is 16.2 Å². The molecule has 0 spiro atoms. The molecule has 0 atom stereocenters. The van der Waals surface area contributed by atoms with E-state index in [1.165, 1.54) is 31.9 Å². The molecule has 0 N–H and O–H groups in total. The van der Waals surface area contributed by atoms with Gasteiger partial charge in [0.15, 0.2) is 5.65 Å². The van der Waals surface area contributed by atoms with Crippen LogP contribution in [0.25, 0.3) is 33.4 Å². The molecule has 3 aromatic heterocycles. The van der Waals surface area contributed by atoms with Crippen LogP contribution in [0.15, 0.2) is 84.1 Å². The second-order valence-corrected chi connectivity index (χ2v) is 13.4. The first kappa shape index (κ1) is 29.5. The Morgan fingerprint density at radius 3 is 2.14 bits per heavy atom. The van der Waals surface area contributed by atoms with Gasteiger partial charge in [-0.25, -0.2) is 17.4 Å². The van der Waals surface area contributed by atoms with Gasteiger partial charge in [-0.2, -0.15) is 0 Å². The summed E-state index contributed by atoms with van der Waals surface area (Å²) in [7, 11) is 1.59. The standard InChI is InChI=1S/C34H36N6O3S/c1-23-17-26(18-24(2)32(23)39-15-13-38(5)14-16-39)27-19-29-30(31-12-11-25(20-35-31)34(41)37(3)4)22-40(33(29)36-21-27)44(42,43)28-9-7-6-8-10-28/h6-12,17-22H,13-16H2,1-5H3. The van der Waals surface area contributed by atoms with Crippen molar-refractivity contribution < 1.29 is 13.2 Å². The lowest BCUT2D eigenvalue weighted by atomic mass is 9.97. The minimum atomic E-state index is -3.94. The Morgan fingerprint density at radius 2 is 1.52 bits per heavy atom.